The highest BCUT2D eigenvalue weighted by atomic mass is 16.5. The third kappa shape index (κ3) is 6.07. The summed E-state index contributed by atoms with van der Waals surface area (Å²) in [5, 5.41) is 22.4. The van der Waals surface area contributed by atoms with Crippen molar-refractivity contribution < 1.29 is 33.5 Å². The first-order valence-electron chi connectivity index (χ1n) is 16.8. The van der Waals surface area contributed by atoms with E-state index >= 15 is 0 Å². The average molecular weight is 654 g/mol. The second-order valence-electron chi connectivity index (χ2n) is 13.3. The number of aromatic nitrogens is 2. The van der Waals surface area contributed by atoms with Gasteiger partial charge in [-0.3, -0.25) is 14.4 Å². The lowest BCUT2D eigenvalue weighted by molar-refractivity contribution is -0.145. The molecule has 3 aliphatic rings. The summed E-state index contributed by atoms with van der Waals surface area (Å²) >= 11 is 0. The molecule has 3 amide bonds. The summed E-state index contributed by atoms with van der Waals surface area (Å²) in [4.78, 5) is 60.3. The summed E-state index contributed by atoms with van der Waals surface area (Å²) < 4.78 is 11.6. The molecule has 48 heavy (non-hydrogen) atoms. The van der Waals surface area contributed by atoms with Gasteiger partial charge in [-0.2, -0.15) is 0 Å². The number of para-hydroxylation sites is 1. The maximum atomic E-state index is 14.4. The Kier molecular flexibility index (Phi) is 8.49. The standard InChI is InChI=1S/C36H39N5O7/c1-21-17-29(40-48-21)31(42)37-28-16-6-4-2-3-5-11-22-19-36(22,35(45)46)39-32(43)30-18-23(20-41(30)34(28)44)47-33-26-14-8-7-12-24(26)25-13-9-10-15-27(25)38-33/h7-10,12-15,17,22-23,28,30H,2-6,11,16,18-20H2,1H3,(H,37,42)(H,39,43)(H,45,46)/t22-,23-,28+,30+,36-/m1/s1. The molecule has 2 saturated heterocycles. The van der Waals surface area contributed by atoms with Crippen LogP contribution in [0.15, 0.2) is 59.1 Å². The number of carbonyl (C=O) groups excluding carboxylic acids is 3. The fourth-order valence-electron chi connectivity index (χ4n) is 7.38. The first-order valence-corrected chi connectivity index (χ1v) is 16.8. The van der Waals surface area contributed by atoms with Gasteiger partial charge in [-0.05, 0) is 49.6 Å². The largest absolute Gasteiger partial charge is 0.479 e. The Balaban J connectivity index is 1.21. The molecular formula is C36H39N5O7. The average Bonchev–Trinajstić information content (AvgIpc) is 3.36. The van der Waals surface area contributed by atoms with Crippen LogP contribution in [0.4, 0.5) is 0 Å². The van der Waals surface area contributed by atoms with E-state index in [0.29, 0.717) is 37.3 Å². The number of hydrogen-bond donors (Lipinski definition) is 3. The van der Waals surface area contributed by atoms with E-state index in [0.717, 1.165) is 47.4 Å². The van der Waals surface area contributed by atoms with Crippen LogP contribution < -0.4 is 15.4 Å². The van der Waals surface area contributed by atoms with Gasteiger partial charge in [0.25, 0.3) is 5.91 Å². The molecule has 2 aromatic carbocycles. The molecule has 7 rings (SSSR count). The minimum Gasteiger partial charge on any atom is -0.479 e. The van der Waals surface area contributed by atoms with Crippen molar-refractivity contribution in [3.05, 3.63) is 66.1 Å². The SMILES string of the molecule is Cc1cc(C(=O)N[C@H]2CCCCCCC[C@@H]3C[C@@]3(C(=O)O)NC(=O)[C@@H]3C[C@@H](Oc4nc5ccccc5c5ccccc45)CN3C2=O)no1. The lowest BCUT2D eigenvalue weighted by Crippen LogP contribution is -2.56. The summed E-state index contributed by atoms with van der Waals surface area (Å²) in [6.45, 7) is 1.73. The predicted molar refractivity (Wildman–Crippen MR) is 175 cm³/mol. The van der Waals surface area contributed by atoms with Crippen LogP contribution in [-0.4, -0.2) is 74.1 Å². The number of rotatable bonds is 5. The predicted octanol–water partition coefficient (Wildman–Crippen LogP) is 4.54. The van der Waals surface area contributed by atoms with Gasteiger partial charge in [0.15, 0.2) is 5.69 Å². The Hall–Kier alpha value is -5.00. The zero-order valence-corrected chi connectivity index (χ0v) is 26.8. The number of carboxylic acid groups (broad SMARTS) is 1. The highest BCUT2D eigenvalue weighted by molar-refractivity contribution is 6.07. The lowest BCUT2D eigenvalue weighted by Gasteiger charge is -2.29. The molecule has 12 nitrogen and oxygen atoms in total. The fourth-order valence-corrected chi connectivity index (χ4v) is 7.38. The van der Waals surface area contributed by atoms with Gasteiger partial charge < -0.3 is 29.9 Å². The molecule has 1 saturated carbocycles. The van der Waals surface area contributed by atoms with Gasteiger partial charge in [-0.25, -0.2) is 9.78 Å². The smallest absolute Gasteiger partial charge is 0.329 e. The van der Waals surface area contributed by atoms with Crippen molar-refractivity contribution in [2.45, 2.75) is 88.4 Å². The van der Waals surface area contributed by atoms with Crippen LogP contribution in [0.25, 0.3) is 21.7 Å². The quantitative estimate of drug-likeness (QED) is 0.263. The molecule has 1 aliphatic carbocycles. The molecular weight excluding hydrogens is 614 g/mol. The Morgan fingerprint density at radius 1 is 1.00 bits per heavy atom. The molecule has 5 atom stereocenters. The van der Waals surface area contributed by atoms with Crippen LogP contribution in [-0.2, 0) is 14.4 Å². The number of carboxylic acids is 1. The number of nitrogens with one attached hydrogen (secondary N) is 2. The minimum atomic E-state index is -1.35. The van der Waals surface area contributed by atoms with Crippen molar-refractivity contribution in [1.82, 2.24) is 25.7 Å². The number of nitrogens with zero attached hydrogens (tertiary/aromatic N) is 3. The Morgan fingerprint density at radius 3 is 2.46 bits per heavy atom. The van der Waals surface area contributed by atoms with Crippen molar-refractivity contribution in [3.8, 4) is 5.88 Å². The number of fused-ring (bicyclic) bond motifs is 5. The van der Waals surface area contributed by atoms with Crippen LogP contribution in [0.5, 0.6) is 5.88 Å². The van der Waals surface area contributed by atoms with Crippen molar-refractivity contribution in [3.63, 3.8) is 0 Å². The zero-order valence-electron chi connectivity index (χ0n) is 26.8. The van der Waals surface area contributed by atoms with Crippen LogP contribution >= 0.6 is 0 Å². The molecule has 2 aromatic heterocycles. The van der Waals surface area contributed by atoms with Gasteiger partial charge in [-0.15, -0.1) is 0 Å². The number of pyridine rings is 1. The molecule has 0 bridgehead atoms. The third-order valence-corrected chi connectivity index (χ3v) is 10.0. The maximum Gasteiger partial charge on any atom is 0.329 e. The minimum absolute atomic E-state index is 0.0543. The highest BCUT2D eigenvalue weighted by Crippen LogP contribution is 2.47. The van der Waals surface area contributed by atoms with E-state index in [-0.39, 0.29) is 24.6 Å². The topological polar surface area (TPSA) is 164 Å². The molecule has 12 heteroatoms. The van der Waals surface area contributed by atoms with Crippen LogP contribution in [0, 0.1) is 12.8 Å². The molecule has 2 aliphatic heterocycles. The number of ether oxygens (including phenoxy) is 1. The Labute approximate surface area is 277 Å². The normalized spacial score (nSPS) is 26.6. The van der Waals surface area contributed by atoms with E-state index in [9.17, 15) is 24.3 Å². The first kappa shape index (κ1) is 31.6. The maximum absolute atomic E-state index is 14.4. The zero-order chi connectivity index (χ0) is 33.4. The number of benzene rings is 2. The van der Waals surface area contributed by atoms with Crippen LogP contribution in [0.2, 0.25) is 0 Å². The molecule has 0 radical (unpaired) electrons. The van der Waals surface area contributed by atoms with Crippen LogP contribution in [0.1, 0.15) is 74.0 Å². The molecule has 4 aromatic rings. The number of aryl methyl sites for hydroxylation is 1. The van der Waals surface area contributed by atoms with Crippen molar-refractivity contribution in [2.75, 3.05) is 6.54 Å². The van der Waals surface area contributed by atoms with Crippen molar-refractivity contribution in [1.29, 1.82) is 0 Å². The number of aliphatic carboxylic acids is 1. The summed E-state index contributed by atoms with van der Waals surface area (Å²) in [6.07, 6.45) is 5.20. The second kappa shape index (κ2) is 12.9. The van der Waals surface area contributed by atoms with Crippen LogP contribution in [0.3, 0.4) is 0 Å². The summed E-state index contributed by atoms with van der Waals surface area (Å²) in [5.41, 5.74) is -0.535. The van der Waals surface area contributed by atoms with Gasteiger partial charge in [0.1, 0.15) is 29.5 Å². The number of amides is 3. The third-order valence-electron chi connectivity index (χ3n) is 10.0. The van der Waals surface area contributed by atoms with E-state index in [2.05, 4.69) is 15.8 Å². The second-order valence-corrected chi connectivity index (χ2v) is 13.3. The Morgan fingerprint density at radius 2 is 1.71 bits per heavy atom. The number of carbonyl (C=O) groups is 4. The van der Waals surface area contributed by atoms with E-state index in [1.54, 1.807) is 6.92 Å². The Bertz CT molecular complexity index is 1890. The lowest BCUT2D eigenvalue weighted by atomic mass is 10.0. The van der Waals surface area contributed by atoms with Gasteiger partial charge in [-0.1, -0.05) is 73.7 Å². The van der Waals surface area contributed by atoms with E-state index in [1.807, 2.05) is 48.5 Å². The van der Waals surface area contributed by atoms with Gasteiger partial charge in [0.05, 0.1) is 12.1 Å². The van der Waals surface area contributed by atoms with Gasteiger partial charge in [0.2, 0.25) is 17.7 Å². The molecule has 0 unspecified atom stereocenters. The summed E-state index contributed by atoms with van der Waals surface area (Å²) in [5.74, 6) is -1.89. The molecule has 3 fully saturated rings. The van der Waals surface area contributed by atoms with Gasteiger partial charge >= 0.3 is 5.97 Å². The van der Waals surface area contributed by atoms with Crippen molar-refractivity contribution >= 4 is 45.4 Å². The fraction of sp³-hybridized carbons (Fsp3) is 0.444. The van der Waals surface area contributed by atoms with E-state index < -0.39 is 47.4 Å². The molecule has 0 spiro atoms. The first-order chi connectivity index (χ1) is 23.2. The van der Waals surface area contributed by atoms with E-state index in [1.165, 1.54) is 11.0 Å². The molecule has 4 heterocycles. The summed E-state index contributed by atoms with van der Waals surface area (Å²) in [6, 6.07) is 15.1. The number of hydrogen-bond acceptors (Lipinski definition) is 8. The molecule has 3 N–H and O–H groups in total. The monoisotopic (exact) mass is 653 g/mol. The van der Waals surface area contributed by atoms with E-state index in [4.69, 9.17) is 14.2 Å². The highest BCUT2D eigenvalue weighted by Gasteiger charge is 2.62. The van der Waals surface area contributed by atoms with Crippen molar-refractivity contribution in [2.24, 2.45) is 5.92 Å². The molecule has 250 valence electrons. The summed E-state index contributed by atoms with van der Waals surface area (Å²) in [7, 11) is 0. The van der Waals surface area contributed by atoms with Gasteiger partial charge in [0, 0.05) is 23.3 Å².